The minimum absolute atomic E-state index is 0.00636. The molecule has 2 N–H and O–H groups in total. The Labute approximate surface area is 95.8 Å². The zero-order chi connectivity index (χ0) is 11.5. The van der Waals surface area contributed by atoms with Crippen LogP contribution in [0.5, 0.6) is 5.75 Å². The lowest BCUT2D eigenvalue weighted by Crippen LogP contribution is -2.25. The Bertz CT molecular complexity index is 446. The lowest BCUT2D eigenvalue weighted by Gasteiger charge is -2.18. The summed E-state index contributed by atoms with van der Waals surface area (Å²) in [5.41, 5.74) is 0.589. The number of hydrogen-bond acceptors (Lipinski definition) is 4. The van der Waals surface area contributed by atoms with Crippen LogP contribution in [0.25, 0.3) is 0 Å². The molecule has 0 fully saturated rings. The molecule has 6 heteroatoms. The third-order valence-electron chi connectivity index (χ3n) is 1.95. The van der Waals surface area contributed by atoms with E-state index in [-0.39, 0.29) is 18.3 Å². The molecule has 1 heterocycles. The molecule has 1 aliphatic rings. The van der Waals surface area contributed by atoms with Gasteiger partial charge in [-0.05, 0) is 18.2 Å². The normalized spacial score (nSPS) is 13.6. The molecule has 1 aliphatic heterocycles. The van der Waals surface area contributed by atoms with E-state index in [9.17, 15) is 9.59 Å². The molecule has 5 nitrogen and oxygen atoms in total. The number of ether oxygens (including phenoxy) is 1. The van der Waals surface area contributed by atoms with Crippen LogP contribution in [0.15, 0.2) is 23.1 Å². The lowest BCUT2D eigenvalue weighted by atomic mass is 10.2. The number of hydrogen-bond donors (Lipinski definition) is 2. The summed E-state index contributed by atoms with van der Waals surface area (Å²) in [6, 6.07) is 5.20. The van der Waals surface area contributed by atoms with Gasteiger partial charge in [-0.3, -0.25) is 9.59 Å². The van der Waals surface area contributed by atoms with Gasteiger partial charge in [0.25, 0.3) is 5.91 Å². The van der Waals surface area contributed by atoms with Crippen molar-refractivity contribution in [1.29, 1.82) is 0 Å². The molecule has 1 aromatic rings. The fraction of sp³-hybridized carbons (Fsp3) is 0.200. The molecule has 84 valence electrons. The Morgan fingerprint density at radius 3 is 3.12 bits per heavy atom. The van der Waals surface area contributed by atoms with E-state index in [1.165, 1.54) is 11.8 Å². The average Bonchev–Trinajstić information content (AvgIpc) is 2.25. The van der Waals surface area contributed by atoms with Gasteiger partial charge in [0.05, 0.1) is 11.4 Å². The SMILES string of the molecule is O=C(O)CSc1ccc2c(c1)NC(=O)CO2. The minimum atomic E-state index is -0.872. The van der Waals surface area contributed by atoms with E-state index in [2.05, 4.69) is 5.32 Å². The van der Waals surface area contributed by atoms with E-state index in [1.54, 1.807) is 18.2 Å². The van der Waals surface area contributed by atoms with Gasteiger partial charge in [-0.15, -0.1) is 11.8 Å². The Morgan fingerprint density at radius 2 is 2.38 bits per heavy atom. The summed E-state index contributed by atoms with van der Waals surface area (Å²) < 4.78 is 5.18. The van der Waals surface area contributed by atoms with Crippen LogP contribution in [0.4, 0.5) is 5.69 Å². The van der Waals surface area contributed by atoms with Crippen LogP contribution in [-0.4, -0.2) is 29.3 Å². The first kappa shape index (κ1) is 10.8. The quantitative estimate of drug-likeness (QED) is 0.775. The molecule has 0 atom stereocenters. The van der Waals surface area contributed by atoms with Crippen LogP contribution in [0, 0.1) is 0 Å². The van der Waals surface area contributed by atoms with Gasteiger partial charge in [0.2, 0.25) is 0 Å². The summed E-state index contributed by atoms with van der Waals surface area (Å²) in [6.07, 6.45) is 0. The van der Waals surface area contributed by atoms with Gasteiger partial charge in [0.1, 0.15) is 5.75 Å². The predicted octanol–water partition coefficient (Wildman–Crippen LogP) is 1.19. The number of benzene rings is 1. The second-order valence-electron chi connectivity index (χ2n) is 3.18. The molecule has 0 unspecified atom stereocenters. The first-order chi connectivity index (χ1) is 7.65. The van der Waals surface area contributed by atoms with E-state index in [4.69, 9.17) is 9.84 Å². The van der Waals surface area contributed by atoms with E-state index < -0.39 is 5.97 Å². The van der Waals surface area contributed by atoms with Crippen molar-refractivity contribution in [3.05, 3.63) is 18.2 Å². The summed E-state index contributed by atoms with van der Waals surface area (Å²) in [5, 5.41) is 11.2. The van der Waals surface area contributed by atoms with Gasteiger partial charge in [-0.25, -0.2) is 0 Å². The summed E-state index contributed by atoms with van der Waals surface area (Å²) in [5.74, 6) is -0.469. The second kappa shape index (κ2) is 4.44. The first-order valence-corrected chi connectivity index (χ1v) is 5.55. The highest BCUT2D eigenvalue weighted by Gasteiger charge is 2.16. The number of carbonyl (C=O) groups excluding carboxylic acids is 1. The van der Waals surface area contributed by atoms with Crippen LogP contribution < -0.4 is 10.1 Å². The van der Waals surface area contributed by atoms with Crippen molar-refractivity contribution in [2.75, 3.05) is 17.7 Å². The topological polar surface area (TPSA) is 75.6 Å². The Morgan fingerprint density at radius 1 is 1.56 bits per heavy atom. The van der Waals surface area contributed by atoms with Crippen molar-refractivity contribution < 1.29 is 19.4 Å². The Hall–Kier alpha value is -1.69. The molecule has 1 amide bonds. The van der Waals surface area contributed by atoms with Crippen molar-refractivity contribution in [3.63, 3.8) is 0 Å². The third-order valence-corrected chi connectivity index (χ3v) is 2.92. The summed E-state index contributed by atoms with van der Waals surface area (Å²) in [7, 11) is 0. The van der Waals surface area contributed by atoms with Crippen molar-refractivity contribution in [2.24, 2.45) is 0 Å². The number of thioether (sulfide) groups is 1. The molecule has 0 spiro atoms. The third kappa shape index (κ3) is 2.46. The zero-order valence-corrected chi connectivity index (χ0v) is 9.04. The number of rotatable bonds is 3. The second-order valence-corrected chi connectivity index (χ2v) is 4.23. The number of amides is 1. The van der Waals surface area contributed by atoms with Crippen molar-refractivity contribution in [3.8, 4) is 5.75 Å². The molecule has 0 saturated heterocycles. The van der Waals surface area contributed by atoms with E-state index in [1.807, 2.05) is 0 Å². The maximum Gasteiger partial charge on any atom is 0.313 e. The smallest absolute Gasteiger partial charge is 0.313 e. The maximum atomic E-state index is 11.1. The molecule has 0 saturated carbocycles. The molecular weight excluding hydrogens is 230 g/mol. The largest absolute Gasteiger partial charge is 0.482 e. The molecular formula is C10H9NO4S. The van der Waals surface area contributed by atoms with Gasteiger partial charge < -0.3 is 15.2 Å². The highest BCUT2D eigenvalue weighted by atomic mass is 32.2. The molecule has 0 radical (unpaired) electrons. The first-order valence-electron chi connectivity index (χ1n) is 4.56. The van der Waals surface area contributed by atoms with Crippen LogP contribution in [0.3, 0.4) is 0 Å². The van der Waals surface area contributed by atoms with Crippen LogP contribution in [-0.2, 0) is 9.59 Å². The number of carboxylic acids is 1. The summed E-state index contributed by atoms with van der Waals surface area (Å²) >= 11 is 1.20. The van der Waals surface area contributed by atoms with E-state index >= 15 is 0 Å². The summed E-state index contributed by atoms with van der Waals surface area (Å²) in [6.45, 7) is 0.0224. The van der Waals surface area contributed by atoms with Gasteiger partial charge in [0, 0.05) is 4.90 Å². The Balaban J connectivity index is 2.14. The maximum absolute atomic E-state index is 11.1. The molecule has 1 aromatic carbocycles. The number of aliphatic carboxylic acids is 1. The number of anilines is 1. The van der Waals surface area contributed by atoms with Gasteiger partial charge in [-0.2, -0.15) is 0 Å². The van der Waals surface area contributed by atoms with E-state index in [0.29, 0.717) is 11.4 Å². The summed E-state index contributed by atoms with van der Waals surface area (Å²) in [4.78, 5) is 22.2. The molecule has 0 aliphatic carbocycles. The van der Waals surface area contributed by atoms with Crippen molar-refractivity contribution >= 4 is 29.3 Å². The van der Waals surface area contributed by atoms with Gasteiger partial charge in [-0.1, -0.05) is 0 Å². The van der Waals surface area contributed by atoms with Crippen LogP contribution >= 0.6 is 11.8 Å². The van der Waals surface area contributed by atoms with E-state index in [0.717, 1.165) is 4.90 Å². The van der Waals surface area contributed by atoms with Crippen LogP contribution in [0.1, 0.15) is 0 Å². The number of carbonyl (C=O) groups is 2. The fourth-order valence-corrected chi connectivity index (χ4v) is 1.95. The Kier molecular flexibility index (Phi) is 3.00. The zero-order valence-electron chi connectivity index (χ0n) is 8.23. The highest BCUT2D eigenvalue weighted by Crippen LogP contribution is 2.32. The number of carboxylic acid groups (broad SMARTS) is 1. The predicted molar refractivity (Wildman–Crippen MR) is 58.9 cm³/mol. The van der Waals surface area contributed by atoms with Crippen LogP contribution in [0.2, 0.25) is 0 Å². The van der Waals surface area contributed by atoms with Crippen molar-refractivity contribution in [1.82, 2.24) is 0 Å². The standard InChI is InChI=1S/C10H9NO4S/c12-9-4-15-8-2-1-6(3-7(8)11-9)16-5-10(13)14/h1-3H,4-5H2,(H,11,12)(H,13,14). The minimum Gasteiger partial charge on any atom is -0.482 e. The number of fused-ring (bicyclic) bond motifs is 1. The number of nitrogens with one attached hydrogen (secondary N) is 1. The van der Waals surface area contributed by atoms with Crippen molar-refractivity contribution in [2.45, 2.75) is 4.90 Å². The average molecular weight is 239 g/mol. The fourth-order valence-electron chi connectivity index (χ4n) is 1.30. The molecule has 0 bridgehead atoms. The van der Waals surface area contributed by atoms with Gasteiger partial charge >= 0.3 is 5.97 Å². The highest BCUT2D eigenvalue weighted by molar-refractivity contribution is 8.00. The lowest BCUT2D eigenvalue weighted by molar-refractivity contribution is -0.133. The van der Waals surface area contributed by atoms with Gasteiger partial charge in [0.15, 0.2) is 6.61 Å². The molecule has 0 aromatic heterocycles. The molecule has 16 heavy (non-hydrogen) atoms. The monoisotopic (exact) mass is 239 g/mol. The molecule has 2 rings (SSSR count).